The van der Waals surface area contributed by atoms with E-state index in [4.69, 9.17) is 9.15 Å². The Morgan fingerprint density at radius 1 is 1.24 bits per heavy atom. The molecule has 0 bridgehead atoms. The van der Waals surface area contributed by atoms with Crippen molar-refractivity contribution in [2.75, 3.05) is 0 Å². The molecule has 126 valence electrons. The maximum absolute atomic E-state index is 13.2. The lowest BCUT2D eigenvalue weighted by atomic mass is 9.99. The van der Waals surface area contributed by atoms with Crippen LogP contribution in [0.4, 0.5) is 4.39 Å². The fourth-order valence-corrected chi connectivity index (χ4v) is 2.84. The Balaban J connectivity index is 1.74. The third-order valence-corrected chi connectivity index (χ3v) is 4.25. The van der Waals surface area contributed by atoms with Gasteiger partial charge in [0.15, 0.2) is 6.39 Å². The summed E-state index contributed by atoms with van der Waals surface area (Å²) in [5.41, 5.74) is 3.71. The smallest absolute Gasteiger partial charge is 0.251 e. The first-order valence-corrected chi connectivity index (χ1v) is 7.84. The number of aryl methyl sites for hydroxylation is 1. The third-order valence-electron chi connectivity index (χ3n) is 4.25. The SMILES string of the molecule is Cc1ocnc1COc1cc2c(cc1-c1ccc(F)cc1)C(=O)NC2. The first kappa shape index (κ1) is 15.4. The Morgan fingerprint density at radius 3 is 2.76 bits per heavy atom. The topological polar surface area (TPSA) is 64.4 Å². The van der Waals surface area contributed by atoms with Gasteiger partial charge in [-0.25, -0.2) is 9.37 Å². The van der Waals surface area contributed by atoms with E-state index < -0.39 is 0 Å². The van der Waals surface area contributed by atoms with Gasteiger partial charge in [0.25, 0.3) is 5.91 Å². The number of benzene rings is 2. The quantitative estimate of drug-likeness (QED) is 0.789. The summed E-state index contributed by atoms with van der Waals surface area (Å²) in [6, 6.07) is 9.73. The summed E-state index contributed by atoms with van der Waals surface area (Å²) in [4.78, 5) is 16.1. The number of ether oxygens (including phenoxy) is 1. The van der Waals surface area contributed by atoms with Crippen molar-refractivity contribution >= 4 is 5.91 Å². The van der Waals surface area contributed by atoms with E-state index in [9.17, 15) is 9.18 Å². The highest BCUT2D eigenvalue weighted by molar-refractivity contribution is 6.00. The molecular formula is C19H15FN2O3. The molecule has 0 radical (unpaired) electrons. The van der Waals surface area contributed by atoms with E-state index in [1.165, 1.54) is 18.5 Å². The molecule has 1 N–H and O–H groups in total. The van der Waals surface area contributed by atoms with Gasteiger partial charge in [-0.2, -0.15) is 0 Å². The lowest BCUT2D eigenvalue weighted by Gasteiger charge is -2.13. The zero-order chi connectivity index (χ0) is 17.4. The Hall–Kier alpha value is -3.15. The van der Waals surface area contributed by atoms with Crippen molar-refractivity contribution < 1.29 is 18.3 Å². The summed E-state index contributed by atoms with van der Waals surface area (Å²) in [5, 5.41) is 2.80. The molecule has 2 heterocycles. The summed E-state index contributed by atoms with van der Waals surface area (Å²) < 4.78 is 24.4. The molecular weight excluding hydrogens is 323 g/mol. The molecule has 1 amide bonds. The third kappa shape index (κ3) is 2.87. The maximum atomic E-state index is 13.2. The van der Waals surface area contributed by atoms with Gasteiger partial charge >= 0.3 is 0 Å². The van der Waals surface area contributed by atoms with Gasteiger partial charge in [0, 0.05) is 17.7 Å². The summed E-state index contributed by atoms with van der Waals surface area (Å²) >= 11 is 0. The van der Waals surface area contributed by atoms with Crippen molar-refractivity contribution in [1.82, 2.24) is 10.3 Å². The molecule has 1 aromatic heterocycles. The van der Waals surface area contributed by atoms with E-state index in [1.807, 2.05) is 13.0 Å². The van der Waals surface area contributed by atoms with Crippen LogP contribution in [0.15, 0.2) is 47.2 Å². The number of hydrogen-bond acceptors (Lipinski definition) is 4. The first-order valence-electron chi connectivity index (χ1n) is 7.84. The highest BCUT2D eigenvalue weighted by Gasteiger charge is 2.22. The Labute approximate surface area is 143 Å². The van der Waals surface area contributed by atoms with Crippen LogP contribution in [0, 0.1) is 12.7 Å². The van der Waals surface area contributed by atoms with Gasteiger partial charge < -0.3 is 14.5 Å². The molecule has 5 nitrogen and oxygen atoms in total. The number of amides is 1. The molecule has 0 unspecified atom stereocenters. The average molecular weight is 338 g/mol. The molecule has 25 heavy (non-hydrogen) atoms. The van der Waals surface area contributed by atoms with E-state index in [0.29, 0.717) is 29.3 Å². The van der Waals surface area contributed by atoms with Gasteiger partial charge in [0.2, 0.25) is 0 Å². The minimum atomic E-state index is -0.316. The van der Waals surface area contributed by atoms with Crippen LogP contribution in [0.25, 0.3) is 11.1 Å². The van der Waals surface area contributed by atoms with Gasteiger partial charge in [0.1, 0.15) is 29.6 Å². The summed E-state index contributed by atoms with van der Waals surface area (Å²) in [7, 11) is 0. The number of carbonyl (C=O) groups is 1. The second-order valence-corrected chi connectivity index (χ2v) is 5.84. The summed E-state index contributed by atoms with van der Waals surface area (Å²) in [6.07, 6.45) is 1.38. The van der Waals surface area contributed by atoms with Crippen LogP contribution in [0.2, 0.25) is 0 Å². The maximum Gasteiger partial charge on any atom is 0.251 e. The first-order chi connectivity index (χ1) is 12.1. The number of nitrogens with one attached hydrogen (secondary N) is 1. The minimum absolute atomic E-state index is 0.114. The standard InChI is InChI=1S/C19H15FN2O3/c1-11-17(22-10-25-11)9-24-18-6-13-8-21-19(23)16(13)7-15(18)12-2-4-14(20)5-3-12/h2-7,10H,8-9H2,1H3,(H,21,23). The number of carbonyl (C=O) groups excluding carboxylic acids is 1. The predicted octanol–water partition coefficient (Wildman–Crippen LogP) is 3.61. The van der Waals surface area contributed by atoms with Crippen LogP contribution in [-0.4, -0.2) is 10.9 Å². The predicted molar refractivity (Wildman–Crippen MR) is 88.6 cm³/mol. The lowest BCUT2D eigenvalue weighted by Crippen LogP contribution is -2.12. The van der Waals surface area contributed by atoms with Crippen LogP contribution in [0.5, 0.6) is 5.75 Å². The Kier molecular flexibility index (Phi) is 3.72. The fourth-order valence-electron chi connectivity index (χ4n) is 2.84. The molecule has 1 aliphatic rings. The van der Waals surface area contributed by atoms with Crippen molar-refractivity contribution in [2.24, 2.45) is 0 Å². The second kappa shape index (κ2) is 6.05. The van der Waals surface area contributed by atoms with Crippen LogP contribution in [0.1, 0.15) is 27.4 Å². The highest BCUT2D eigenvalue weighted by atomic mass is 19.1. The van der Waals surface area contributed by atoms with Crippen LogP contribution in [-0.2, 0) is 13.2 Å². The molecule has 6 heteroatoms. The molecule has 0 atom stereocenters. The summed E-state index contributed by atoms with van der Waals surface area (Å²) in [5.74, 6) is 0.881. The monoisotopic (exact) mass is 338 g/mol. The highest BCUT2D eigenvalue weighted by Crippen LogP contribution is 2.35. The van der Waals surface area contributed by atoms with Gasteiger partial charge in [-0.1, -0.05) is 12.1 Å². The Morgan fingerprint density at radius 2 is 2.04 bits per heavy atom. The van der Waals surface area contributed by atoms with E-state index in [0.717, 1.165) is 16.7 Å². The van der Waals surface area contributed by atoms with Gasteiger partial charge in [-0.3, -0.25) is 4.79 Å². The second-order valence-electron chi connectivity index (χ2n) is 5.84. The molecule has 0 fully saturated rings. The van der Waals surface area contributed by atoms with Crippen molar-refractivity contribution in [3.63, 3.8) is 0 Å². The molecule has 0 saturated heterocycles. The van der Waals surface area contributed by atoms with Gasteiger partial charge in [0.05, 0.1) is 0 Å². The lowest BCUT2D eigenvalue weighted by molar-refractivity contribution is 0.0966. The number of rotatable bonds is 4. The molecule has 0 aliphatic carbocycles. The van der Waals surface area contributed by atoms with E-state index in [1.54, 1.807) is 18.2 Å². The Bertz CT molecular complexity index is 948. The van der Waals surface area contributed by atoms with E-state index >= 15 is 0 Å². The minimum Gasteiger partial charge on any atom is -0.486 e. The van der Waals surface area contributed by atoms with Crippen molar-refractivity contribution in [1.29, 1.82) is 0 Å². The molecule has 3 aromatic rings. The molecule has 4 rings (SSSR count). The van der Waals surface area contributed by atoms with Crippen molar-refractivity contribution in [2.45, 2.75) is 20.1 Å². The number of hydrogen-bond donors (Lipinski definition) is 1. The van der Waals surface area contributed by atoms with Crippen LogP contribution >= 0.6 is 0 Å². The van der Waals surface area contributed by atoms with Crippen LogP contribution in [0.3, 0.4) is 0 Å². The van der Waals surface area contributed by atoms with Crippen molar-refractivity contribution in [3.05, 3.63) is 71.2 Å². The van der Waals surface area contributed by atoms with Crippen molar-refractivity contribution in [3.8, 4) is 16.9 Å². The largest absolute Gasteiger partial charge is 0.486 e. The van der Waals surface area contributed by atoms with E-state index in [-0.39, 0.29) is 18.3 Å². The zero-order valence-electron chi connectivity index (χ0n) is 13.5. The zero-order valence-corrected chi connectivity index (χ0v) is 13.5. The van der Waals surface area contributed by atoms with Gasteiger partial charge in [-0.05, 0) is 42.3 Å². The molecule has 0 saturated carbocycles. The number of nitrogens with zero attached hydrogens (tertiary/aromatic N) is 1. The van der Waals surface area contributed by atoms with Crippen LogP contribution < -0.4 is 10.1 Å². The average Bonchev–Trinajstić information content (AvgIpc) is 3.19. The van der Waals surface area contributed by atoms with E-state index in [2.05, 4.69) is 10.3 Å². The summed E-state index contributed by atoms with van der Waals surface area (Å²) in [6.45, 7) is 2.53. The van der Waals surface area contributed by atoms with Gasteiger partial charge in [-0.15, -0.1) is 0 Å². The number of aromatic nitrogens is 1. The fraction of sp³-hybridized carbons (Fsp3) is 0.158. The number of halogens is 1. The molecule has 0 spiro atoms. The number of fused-ring (bicyclic) bond motifs is 1. The molecule has 2 aromatic carbocycles. The number of oxazole rings is 1. The molecule has 1 aliphatic heterocycles. The normalized spacial score (nSPS) is 12.8.